The topological polar surface area (TPSA) is 97.4 Å². The van der Waals surface area contributed by atoms with E-state index < -0.39 is 52.8 Å². The van der Waals surface area contributed by atoms with Crippen molar-refractivity contribution in [2.75, 3.05) is 5.32 Å². The lowest BCUT2D eigenvalue weighted by atomic mass is 10.1. The first-order chi connectivity index (χ1) is 13.6. The van der Waals surface area contributed by atoms with Gasteiger partial charge in [-0.3, -0.25) is 4.79 Å². The summed E-state index contributed by atoms with van der Waals surface area (Å²) in [6.45, 7) is 0. The molecule has 0 aliphatic rings. The molecule has 0 aromatic heterocycles. The molecule has 2 aromatic rings. The van der Waals surface area contributed by atoms with E-state index in [2.05, 4.69) is 5.32 Å². The number of hydrogen-bond acceptors (Lipinski definition) is 5. The Morgan fingerprint density at radius 1 is 0.700 bits per heavy atom. The van der Waals surface area contributed by atoms with Gasteiger partial charge in [0.2, 0.25) is 5.91 Å². The maximum Gasteiger partial charge on any atom is 0.501 e. The molecule has 0 radical (unpaired) electrons. The number of carbonyl (C=O) groups excluding carboxylic acids is 1. The van der Waals surface area contributed by atoms with Gasteiger partial charge in [0.1, 0.15) is 0 Å². The summed E-state index contributed by atoms with van der Waals surface area (Å²) in [5.41, 5.74) is -10.8. The molecule has 0 spiro atoms. The van der Waals surface area contributed by atoms with Gasteiger partial charge in [0.05, 0.1) is 16.2 Å². The summed E-state index contributed by atoms with van der Waals surface area (Å²) in [5.74, 6) is -0.729. The second-order valence-electron chi connectivity index (χ2n) is 5.79. The van der Waals surface area contributed by atoms with Crippen LogP contribution in [0.5, 0.6) is 0 Å². The lowest BCUT2D eigenvalue weighted by Gasteiger charge is -2.10. The van der Waals surface area contributed by atoms with Crippen molar-refractivity contribution in [1.29, 1.82) is 0 Å². The fraction of sp³-hybridized carbons (Fsp3) is 0.188. The predicted molar refractivity (Wildman–Crippen MR) is 91.7 cm³/mol. The number of hydrogen-bond donors (Lipinski definition) is 1. The van der Waals surface area contributed by atoms with Crippen LogP contribution in [0, 0.1) is 0 Å². The lowest BCUT2D eigenvalue weighted by Crippen LogP contribution is -2.23. The molecule has 0 aliphatic carbocycles. The third kappa shape index (κ3) is 4.92. The molecule has 0 bridgehead atoms. The molecule has 0 atom stereocenters. The van der Waals surface area contributed by atoms with Gasteiger partial charge in [0.15, 0.2) is 0 Å². The monoisotopic (exact) mass is 475 g/mol. The van der Waals surface area contributed by atoms with Crippen LogP contribution in [-0.4, -0.2) is 33.8 Å². The van der Waals surface area contributed by atoms with Crippen LogP contribution in [0.2, 0.25) is 0 Å². The molecular weight excluding hydrogens is 464 g/mol. The lowest BCUT2D eigenvalue weighted by molar-refractivity contribution is -0.115. The molecule has 0 fully saturated rings. The van der Waals surface area contributed by atoms with Crippen LogP contribution in [0.4, 0.5) is 32.0 Å². The first-order valence-electron chi connectivity index (χ1n) is 7.67. The van der Waals surface area contributed by atoms with Crippen molar-refractivity contribution >= 4 is 31.3 Å². The summed E-state index contributed by atoms with van der Waals surface area (Å²) < 4.78 is 120. The van der Waals surface area contributed by atoms with E-state index in [1.54, 1.807) is 0 Å². The van der Waals surface area contributed by atoms with E-state index in [0.717, 1.165) is 24.3 Å². The van der Waals surface area contributed by atoms with Crippen LogP contribution in [0.25, 0.3) is 0 Å². The van der Waals surface area contributed by atoms with Crippen molar-refractivity contribution in [1.82, 2.24) is 0 Å². The Morgan fingerprint density at radius 3 is 1.43 bits per heavy atom. The maximum atomic E-state index is 12.5. The summed E-state index contributed by atoms with van der Waals surface area (Å²) in [6.07, 6.45) is -0.394. The highest BCUT2D eigenvalue weighted by molar-refractivity contribution is 7.92. The van der Waals surface area contributed by atoms with E-state index in [-0.39, 0.29) is 11.3 Å². The van der Waals surface area contributed by atoms with Crippen LogP contribution >= 0.6 is 0 Å². The molecule has 0 aliphatic heterocycles. The quantitative estimate of drug-likeness (QED) is 0.669. The van der Waals surface area contributed by atoms with Gasteiger partial charge in [0.25, 0.3) is 19.7 Å². The van der Waals surface area contributed by atoms with Gasteiger partial charge >= 0.3 is 11.0 Å². The number of sulfone groups is 2. The molecule has 0 saturated heterocycles. The number of rotatable bonds is 5. The molecule has 164 valence electrons. The van der Waals surface area contributed by atoms with Crippen LogP contribution in [0.15, 0.2) is 58.3 Å². The number of halogens is 6. The Kier molecular flexibility index (Phi) is 6.24. The number of amides is 1. The molecule has 2 rings (SSSR count). The summed E-state index contributed by atoms with van der Waals surface area (Å²) in [7, 11) is -11.1. The van der Waals surface area contributed by atoms with Gasteiger partial charge in [-0.05, 0) is 42.0 Å². The van der Waals surface area contributed by atoms with Gasteiger partial charge in [-0.1, -0.05) is 12.1 Å². The average molecular weight is 475 g/mol. The molecule has 6 nitrogen and oxygen atoms in total. The largest absolute Gasteiger partial charge is 0.501 e. The second kappa shape index (κ2) is 7.91. The van der Waals surface area contributed by atoms with E-state index in [4.69, 9.17) is 0 Å². The van der Waals surface area contributed by atoms with Crippen molar-refractivity contribution in [3.8, 4) is 0 Å². The fourth-order valence-electron chi connectivity index (χ4n) is 2.16. The molecule has 2 aromatic carbocycles. The van der Waals surface area contributed by atoms with Gasteiger partial charge < -0.3 is 5.32 Å². The van der Waals surface area contributed by atoms with Gasteiger partial charge in [-0.25, -0.2) is 16.8 Å². The molecular formula is C16H11F6NO5S2. The zero-order chi connectivity index (χ0) is 23.0. The van der Waals surface area contributed by atoms with Crippen LogP contribution in [0.1, 0.15) is 5.56 Å². The minimum Gasteiger partial charge on any atom is -0.326 e. The highest BCUT2D eigenvalue weighted by Gasteiger charge is 2.47. The smallest absolute Gasteiger partial charge is 0.326 e. The first-order valence-corrected chi connectivity index (χ1v) is 10.6. The van der Waals surface area contributed by atoms with Gasteiger partial charge in [0, 0.05) is 5.69 Å². The third-order valence-corrected chi connectivity index (χ3v) is 6.66. The van der Waals surface area contributed by atoms with Gasteiger partial charge in [-0.2, -0.15) is 26.3 Å². The number of carbonyl (C=O) groups is 1. The van der Waals surface area contributed by atoms with E-state index >= 15 is 0 Å². The Bertz CT molecular complexity index is 1050. The standard InChI is InChI=1S/C16H11F6NO5S2/c17-15(18,19)29(25,26)12-5-1-10(2-6-12)9-14(24)23-11-3-7-13(8-4-11)30(27,28)16(20,21)22/h1-8H,9H2,(H,23,24). The Balaban J connectivity index is 2.08. The normalized spacial score (nSPS) is 13.1. The van der Waals surface area contributed by atoms with Crippen LogP contribution in [-0.2, 0) is 30.9 Å². The molecule has 30 heavy (non-hydrogen) atoms. The second-order valence-corrected chi connectivity index (χ2v) is 9.67. The van der Waals surface area contributed by atoms with E-state index in [1.807, 2.05) is 0 Å². The molecule has 0 heterocycles. The zero-order valence-corrected chi connectivity index (χ0v) is 16.1. The highest BCUT2D eigenvalue weighted by Crippen LogP contribution is 2.31. The summed E-state index contributed by atoms with van der Waals surface area (Å²) in [6, 6.07) is 6.51. The van der Waals surface area contributed by atoms with Gasteiger partial charge in [-0.15, -0.1) is 0 Å². The number of benzene rings is 2. The van der Waals surface area contributed by atoms with E-state index in [9.17, 15) is 48.0 Å². The summed E-state index contributed by atoms with van der Waals surface area (Å²) in [4.78, 5) is 9.94. The SMILES string of the molecule is O=C(Cc1ccc(S(=O)(=O)C(F)(F)F)cc1)Nc1ccc(S(=O)(=O)C(F)(F)F)cc1. The van der Waals surface area contributed by atoms with Crippen LogP contribution in [0.3, 0.4) is 0 Å². The van der Waals surface area contributed by atoms with Crippen molar-refractivity contribution < 1.29 is 48.0 Å². The molecule has 0 unspecified atom stereocenters. The van der Waals surface area contributed by atoms with Crippen molar-refractivity contribution in [2.24, 2.45) is 0 Å². The number of anilines is 1. The Labute approximate surface area is 166 Å². The van der Waals surface area contributed by atoms with E-state index in [0.29, 0.717) is 24.3 Å². The average Bonchev–Trinajstić information content (AvgIpc) is 2.60. The highest BCUT2D eigenvalue weighted by atomic mass is 32.2. The fourth-order valence-corrected chi connectivity index (χ4v) is 3.69. The minimum atomic E-state index is -5.54. The molecule has 14 heteroatoms. The summed E-state index contributed by atoms with van der Waals surface area (Å²) in [5, 5.41) is 2.26. The van der Waals surface area contributed by atoms with Crippen LogP contribution < -0.4 is 5.32 Å². The van der Waals surface area contributed by atoms with Crippen molar-refractivity contribution in [2.45, 2.75) is 27.2 Å². The first kappa shape index (κ1) is 23.7. The molecule has 1 N–H and O–H groups in total. The maximum absolute atomic E-state index is 12.5. The van der Waals surface area contributed by atoms with Crippen molar-refractivity contribution in [3.05, 3.63) is 54.1 Å². The van der Waals surface area contributed by atoms with E-state index in [1.165, 1.54) is 0 Å². The molecule has 1 amide bonds. The minimum absolute atomic E-state index is 0.0302. The Morgan fingerprint density at radius 2 is 1.07 bits per heavy atom. The Hall–Kier alpha value is -2.61. The number of alkyl halides is 6. The molecule has 0 saturated carbocycles. The van der Waals surface area contributed by atoms with Crippen molar-refractivity contribution in [3.63, 3.8) is 0 Å². The summed E-state index contributed by atoms with van der Waals surface area (Å²) >= 11 is 0. The predicted octanol–water partition coefficient (Wildman–Crippen LogP) is 3.45. The zero-order valence-electron chi connectivity index (χ0n) is 14.5. The third-order valence-electron chi connectivity index (χ3n) is 3.66. The number of nitrogens with one attached hydrogen (secondary N) is 1.